The molecule has 2 aromatic heterocycles. The average Bonchev–Trinajstić information content (AvgIpc) is 3.82. The van der Waals surface area contributed by atoms with Gasteiger partial charge in [0.25, 0.3) is 5.91 Å². The molecule has 4 atom stereocenters. The van der Waals surface area contributed by atoms with Gasteiger partial charge in [0.15, 0.2) is 29.0 Å². The van der Waals surface area contributed by atoms with Crippen molar-refractivity contribution in [2.24, 2.45) is 0 Å². The molecule has 0 radical (unpaired) electrons. The Morgan fingerprint density at radius 3 is 1.98 bits per heavy atom. The zero-order valence-corrected chi connectivity index (χ0v) is 35.6. The van der Waals surface area contributed by atoms with Crippen LogP contribution in [0.2, 0.25) is 25.7 Å². The van der Waals surface area contributed by atoms with Crippen LogP contribution in [0.15, 0.2) is 116 Å². The van der Waals surface area contributed by atoms with Gasteiger partial charge in [0, 0.05) is 13.6 Å². The highest BCUT2D eigenvalue weighted by Crippen LogP contribution is 2.43. The van der Waals surface area contributed by atoms with Crippen LogP contribution in [0.5, 0.6) is 11.5 Å². The van der Waals surface area contributed by atoms with Crippen molar-refractivity contribution in [1.29, 1.82) is 0 Å². The number of nitrogens with zero attached hydrogens (tertiary/aromatic N) is 4. The fourth-order valence-corrected chi connectivity index (χ4v) is 7.83. The van der Waals surface area contributed by atoms with E-state index in [1.807, 2.05) is 78.9 Å². The summed E-state index contributed by atoms with van der Waals surface area (Å²) < 4.78 is 31.2. The third-order valence-corrected chi connectivity index (χ3v) is 12.2. The maximum absolute atomic E-state index is 13.3. The minimum absolute atomic E-state index is 0.0704. The number of aromatic nitrogens is 4. The first-order valence-electron chi connectivity index (χ1n) is 19.9. The van der Waals surface area contributed by atoms with Gasteiger partial charge in [0.2, 0.25) is 0 Å². The number of imidazole rings is 1. The number of hydrogen-bond acceptors (Lipinski definition) is 12. The van der Waals surface area contributed by atoms with Crippen LogP contribution in [0.25, 0.3) is 11.2 Å². The molecule has 1 aliphatic heterocycles. The lowest BCUT2D eigenvalue weighted by atomic mass is 9.80. The lowest BCUT2D eigenvalue weighted by Crippen LogP contribution is -2.39. The molecule has 16 heteroatoms. The normalized spacial score (nSPS) is 17.8. The first-order valence-corrected chi connectivity index (χ1v) is 23.6. The summed E-state index contributed by atoms with van der Waals surface area (Å²) in [6, 6.07) is 34.2. The number of ether oxygens (including phenoxy) is 5. The summed E-state index contributed by atoms with van der Waals surface area (Å²) in [7, 11) is 1.76. The van der Waals surface area contributed by atoms with Gasteiger partial charge in [-0.25, -0.2) is 19.7 Å². The SMILES string of the molecule is COc1ccc(C(OC[C@H]2O[C@@H](n3cnc4c(NC(=O)c5ccccc5)nc(CNC(=O)OCC[Si](C)(C)C)nc43)[C@H](O)[C@@H]2O)(c2ccccc2)c2ccc(OC)cc2)cc1. The van der Waals surface area contributed by atoms with Crippen molar-refractivity contribution < 1.29 is 43.5 Å². The molecule has 4 N–H and O–H groups in total. The van der Waals surface area contributed by atoms with Crippen LogP contribution in [-0.4, -0.2) is 95.6 Å². The van der Waals surface area contributed by atoms with Gasteiger partial charge in [-0.3, -0.25) is 9.36 Å². The van der Waals surface area contributed by atoms with Crippen LogP contribution < -0.4 is 20.1 Å². The number of hydrogen-bond donors (Lipinski definition) is 4. The molecule has 0 spiro atoms. The van der Waals surface area contributed by atoms with Gasteiger partial charge in [-0.05, 0) is 59.1 Å². The molecule has 7 rings (SSSR count). The van der Waals surface area contributed by atoms with Crippen molar-refractivity contribution in [2.75, 3.05) is 32.8 Å². The van der Waals surface area contributed by atoms with Crippen molar-refractivity contribution in [3.63, 3.8) is 0 Å². The first-order chi connectivity index (χ1) is 29.4. The second kappa shape index (κ2) is 18.6. The summed E-state index contributed by atoms with van der Waals surface area (Å²) in [5.74, 6) is 1.08. The molecule has 0 bridgehead atoms. The molecular formula is C45H50N6O9Si. The van der Waals surface area contributed by atoms with E-state index in [9.17, 15) is 19.8 Å². The summed E-state index contributed by atoms with van der Waals surface area (Å²) in [6.07, 6.45) is -4.34. The Bertz CT molecular complexity index is 2360. The maximum atomic E-state index is 13.3. The van der Waals surface area contributed by atoms with Crippen molar-refractivity contribution >= 4 is 37.1 Å². The molecule has 1 fully saturated rings. The van der Waals surface area contributed by atoms with Crippen LogP contribution in [0.4, 0.5) is 10.6 Å². The molecule has 15 nitrogen and oxygen atoms in total. The molecule has 6 aromatic rings. The monoisotopic (exact) mass is 846 g/mol. The molecule has 1 saturated heterocycles. The number of anilines is 1. The van der Waals surface area contributed by atoms with Gasteiger partial charge >= 0.3 is 6.09 Å². The predicted molar refractivity (Wildman–Crippen MR) is 230 cm³/mol. The van der Waals surface area contributed by atoms with Crippen LogP contribution in [-0.2, 0) is 26.4 Å². The van der Waals surface area contributed by atoms with E-state index in [1.54, 1.807) is 44.6 Å². The number of carbonyl (C=O) groups excluding carboxylic acids is 2. The molecule has 2 amide bonds. The summed E-state index contributed by atoms with van der Waals surface area (Å²) in [5.41, 5.74) is 1.89. The first kappa shape index (κ1) is 42.9. The maximum Gasteiger partial charge on any atom is 0.407 e. The Balaban J connectivity index is 1.20. The highest BCUT2D eigenvalue weighted by Gasteiger charge is 2.47. The number of methoxy groups -OCH3 is 2. The van der Waals surface area contributed by atoms with Crippen LogP contribution >= 0.6 is 0 Å². The number of benzene rings is 4. The van der Waals surface area contributed by atoms with E-state index in [1.165, 1.54) is 10.9 Å². The van der Waals surface area contributed by atoms with Gasteiger partial charge in [0.1, 0.15) is 35.4 Å². The number of nitrogens with one attached hydrogen (secondary N) is 2. The minimum Gasteiger partial charge on any atom is -0.497 e. The Labute approximate surface area is 354 Å². The van der Waals surface area contributed by atoms with E-state index in [0.29, 0.717) is 17.1 Å². The number of alkyl carbamates (subject to hydrolysis) is 1. The number of aliphatic hydroxyl groups excluding tert-OH is 2. The number of rotatable bonds is 16. The second-order valence-corrected chi connectivity index (χ2v) is 21.4. The van der Waals surface area contributed by atoms with Gasteiger partial charge in [-0.15, -0.1) is 0 Å². The standard InChI is InChI=1S/C45H50N6O9Si/c1-56-33-20-16-31(17-21-33)45(30-14-10-7-11-15-30,32-18-22-34(57-2)23-19-32)59-27-35-38(52)39(53)43(60-35)51-28-47-37-40(50-42(54)29-12-8-6-9-13-29)48-36(49-41(37)51)26-46-44(55)58-24-25-61(3,4)5/h6-23,28,35,38-39,43,52-53H,24-27H2,1-5H3,(H,46,55)(H,48,49,50,54)/t35-,38-,39-,43-/m1/s1. The smallest absolute Gasteiger partial charge is 0.407 e. The minimum atomic E-state index is -1.46. The van der Waals surface area contributed by atoms with Crippen molar-refractivity contribution in [3.05, 3.63) is 144 Å². The highest BCUT2D eigenvalue weighted by atomic mass is 28.3. The number of carbonyl (C=O) groups is 2. The fourth-order valence-electron chi connectivity index (χ4n) is 7.11. The Morgan fingerprint density at radius 1 is 0.803 bits per heavy atom. The van der Waals surface area contributed by atoms with Crippen LogP contribution in [0.3, 0.4) is 0 Å². The molecule has 61 heavy (non-hydrogen) atoms. The van der Waals surface area contributed by atoms with E-state index in [0.717, 1.165) is 22.7 Å². The molecular weight excluding hydrogens is 797 g/mol. The van der Waals surface area contributed by atoms with E-state index in [2.05, 4.69) is 45.2 Å². The van der Waals surface area contributed by atoms with Crippen molar-refractivity contribution in [2.45, 2.75) is 62.4 Å². The number of aliphatic hydroxyl groups is 2. The number of fused-ring (bicyclic) bond motifs is 1. The molecule has 3 heterocycles. The summed E-state index contributed by atoms with van der Waals surface area (Å²) in [5, 5.41) is 28.7. The Morgan fingerprint density at radius 2 is 1.39 bits per heavy atom. The van der Waals surface area contributed by atoms with Gasteiger partial charge in [-0.2, -0.15) is 0 Å². The molecule has 0 aliphatic carbocycles. The van der Waals surface area contributed by atoms with E-state index in [-0.39, 0.29) is 42.6 Å². The van der Waals surface area contributed by atoms with Gasteiger partial charge < -0.3 is 44.5 Å². The predicted octanol–water partition coefficient (Wildman–Crippen LogP) is 6.29. The Hall–Kier alpha value is -6.17. The van der Waals surface area contributed by atoms with Crippen molar-refractivity contribution in [3.8, 4) is 11.5 Å². The largest absolute Gasteiger partial charge is 0.497 e. The second-order valence-electron chi connectivity index (χ2n) is 15.8. The molecule has 318 valence electrons. The average molecular weight is 847 g/mol. The van der Waals surface area contributed by atoms with Gasteiger partial charge in [0.05, 0.1) is 40.3 Å². The molecule has 1 aliphatic rings. The van der Waals surface area contributed by atoms with E-state index in [4.69, 9.17) is 23.7 Å². The summed E-state index contributed by atoms with van der Waals surface area (Å²) in [6.45, 7) is 6.53. The number of amides is 2. The summed E-state index contributed by atoms with van der Waals surface area (Å²) >= 11 is 0. The highest BCUT2D eigenvalue weighted by molar-refractivity contribution is 6.76. The lowest BCUT2D eigenvalue weighted by Gasteiger charge is -2.37. The topological polar surface area (TPSA) is 188 Å². The fraction of sp³-hybridized carbons (Fsp3) is 0.311. The van der Waals surface area contributed by atoms with Gasteiger partial charge in [-0.1, -0.05) is 92.4 Å². The van der Waals surface area contributed by atoms with Crippen LogP contribution in [0.1, 0.15) is 39.1 Å². The third-order valence-electron chi connectivity index (χ3n) is 10.5. The Kier molecular flexibility index (Phi) is 13.1. The molecule has 4 aromatic carbocycles. The third kappa shape index (κ3) is 9.58. The van der Waals surface area contributed by atoms with E-state index >= 15 is 0 Å². The lowest BCUT2D eigenvalue weighted by molar-refractivity contribution is -0.0942. The molecule has 0 saturated carbocycles. The zero-order chi connectivity index (χ0) is 43.1. The van der Waals surface area contributed by atoms with Crippen molar-refractivity contribution in [1.82, 2.24) is 24.8 Å². The van der Waals surface area contributed by atoms with E-state index < -0.39 is 50.2 Å². The quantitative estimate of drug-likeness (QED) is 0.0631. The van der Waals surface area contributed by atoms with Crippen LogP contribution in [0, 0.1) is 0 Å². The molecule has 0 unspecified atom stereocenters. The summed E-state index contributed by atoms with van der Waals surface area (Å²) in [4.78, 5) is 39.7. The zero-order valence-electron chi connectivity index (χ0n) is 34.6.